The highest BCUT2D eigenvalue weighted by molar-refractivity contribution is 5.32. The van der Waals surface area contributed by atoms with Gasteiger partial charge >= 0.3 is 0 Å². The van der Waals surface area contributed by atoms with Gasteiger partial charge in [-0.3, -0.25) is 4.90 Å². The fraction of sp³-hybridized carbons (Fsp3) is 0.500. The molecule has 0 unspecified atom stereocenters. The predicted molar refractivity (Wildman–Crippen MR) is 89.6 cm³/mol. The lowest BCUT2D eigenvalue weighted by atomic mass is 9.97. The molecular formula is C18H22N4O3. The first-order valence-corrected chi connectivity index (χ1v) is 8.37. The van der Waals surface area contributed by atoms with E-state index >= 15 is 0 Å². The molecule has 2 atom stereocenters. The van der Waals surface area contributed by atoms with E-state index in [0.717, 1.165) is 25.2 Å². The minimum atomic E-state index is 0.0212. The summed E-state index contributed by atoms with van der Waals surface area (Å²) in [5.74, 6) is 1.30. The van der Waals surface area contributed by atoms with Crippen LogP contribution in [-0.4, -0.2) is 53.6 Å². The molecule has 0 bridgehead atoms. The summed E-state index contributed by atoms with van der Waals surface area (Å²) < 4.78 is 10.4. The van der Waals surface area contributed by atoms with Crippen molar-refractivity contribution in [1.82, 2.24) is 15.0 Å². The topological polar surface area (TPSA) is 95.4 Å². The minimum absolute atomic E-state index is 0.0212. The minimum Gasteiger partial charge on any atom is -0.396 e. The maximum absolute atomic E-state index is 9.73. The summed E-state index contributed by atoms with van der Waals surface area (Å²) in [6.07, 6.45) is 0.612. The third kappa shape index (κ3) is 4.23. The molecule has 1 fully saturated rings. The molecule has 1 N–H and O–H groups in total. The number of nitrogens with zero attached hydrogens (tertiary/aromatic N) is 4. The summed E-state index contributed by atoms with van der Waals surface area (Å²) >= 11 is 0. The first kappa shape index (κ1) is 17.5. The molecule has 2 heterocycles. The average molecular weight is 342 g/mol. The third-order valence-corrected chi connectivity index (χ3v) is 4.54. The summed E-state index contributed by atoms with van der Waals surface area (Å²) in [4.78, 5) is 6.71. The highest BCUT2D eigenvalue weighted by Gasteiger charge is 2.37. The Kier molecular flexibility index (Phi) is 5.76. The molecule has 0 aliphatic carbocycles. The fourth-order valence-electron chi connectivity index (χ4n) is 3.26. The summed E-state index contributed by atoms with van der Waals surface area (Å²) in [6.45, 7) is 2.86. The van der Waals surface area contributed by atoms with E-state index in [1.54, 1.807) is 13.2 Å². The van der Waals surface area contributed by atoms with E-state index in [0.29, 0.717) is 30.3 Å². The van der Waals surface area contributed by atoms with Crippen molar-refractivity contribution in [2.24, 2.45) is 5.92 Å². The van der Waals surface area contributed by atoms with Gasteiger partial charge < -0.3 is 14.4 Å². The van der Waals surface area contributed by atoms with Gasteiger partial charge in [-0.2, -0.15) is 10.2 Å². The SMILES string of the molecule is COCCc1noc([C@@H]2CN(Cc3cccc(C#N)c3)C[C@H]2CO)n1. The highest BCUT2D eigenvalue weighted by atomic mass is 16.5. The van der Waals surface area contributed by atoms with Crippen LogP contribution in [-0.2, 0) is 17.7 Å². The van der Waals surface area contributed by atoms with Crippen LogP contribution in [0.2, 0.25) is 0 Å². The van der Waals surface area contributed by atoms with Gasteiger partial charge in [-0.05, 0) is 17.7 Å². The Bertz CT molecular complexity index is 740. The van der Waals surface area contributed by atoms with E-state index in [2.05, 4.69) is 21.1 Å². The third-order valence-electron chi connectivity index (χ3n) is 4.54. The zero-order chi connectivity index (χ0) is 17.6. The van der Waals surface area contributed by atoms with E-state index in [1.165, 1.54) is 0 Å². The van der Waals surface area contributed by atoms with E-state index in [1.807, 2.05) is 18.2 Å². The molecule has 7 heteroatoms. The molecule has 1 aromatic heterocycles. The number of nitriles is 1. The van der Waals surface area contributed by atoms with Crippen LogP contribution in [0.3, 0.4) is 0 Å². The van der Waals surface area contributed by atoms with Crippen molar-refractivity contribution in [3.05, 3.63) is 47.1 Å². The number of aromatic nitrogens is 2. The molecule has 3 rings (SSSR count). The van der Waals surface area contributed by atoms with Crippen molar-refractivity contribution < 1.29 is 14.4 Å². The molecule has 1 aromatic carbocycles. The lowest BCUT2D eigenvalue weighted by molar-refractivity contribution is 0.199. The van der Waals surface area contributed by atoms with Crippen molar-refractivity contribution in [2.75, 3.05) is 33.4 Å². The Hall–Kier alpha value is -2.27. The molecule has 0 amide bonds. The van der Waals surface area contributed by atoms with Crippen molar-refractivity contribution >= 4 is 0 Å². The van der Waals surface area contributed by atoms with Crippen molar-refractivity contribution in [2.45, 2.75) is 18.9 Å². The van der Waals surface area contributed by atoms with Crippen molar-refractivity contribution in [3.63, 3.8) is 0 Å². The van der Waals surface area contributed by atoms with E-state index in [-0.39, 0.29) is 18.4 Å². The molecule has 0 saturated carbocycles. The summed E-state index contributed by atoms with van der Waals surface area (Å²) in [7, 11) is 1.64. The predicted octanol–water partition coefficient (Wildman–Crippen LogP) is 1.34. The van der Waals surface area contributed by atoms with Crippen LogP contribution in [0.15, 0.2) is 28.8 Å². The normalized spacial score (nSPS) is 20.7. The number of hydrogen-bond acceptors (Lipinski definition) is 7. The first-order valence-electron chi connectivity index (χ1n) is 8.37. The Labute approximate surface area is 146 Å². The lowest BCUT2D eigenvalue weighted by Crippen LogP contribution is -2.21. The summed E-state index contributed by atoms with van der Waals surface area (Å²) in [5, 5.41) is 22.8. The van der Waals surface area contributed by atoms with Crippen LogP contribution >= 0.6 is 0 Å². The highest BCUT2D eigenvalue weighted by Crippen LogP contribution is 2.32. The van der Waals surface area contributed by atoms with Crippen LogP contribution in [0.25, 0.3) is 0 Å². The molecule has 1 aliphatic rings. The molecule has 7 nitrogen and oxygen atoms in total. The molecular weight excluding hydrogens is 320 g/mol. The van der Waals surface area contributed by atoms with Crippen molar-refractivity contribution in [1.29, 1.82) is 5.26 Å². The number of benzene rings is 1. The van der Waals surface area contributed by atoms with Crippen LogP contribution in [0.4, 0.5) is 0 Å². The molecule has 1 aliphatic heterocycles. The maximum atomic E-state index is 9.73. The second-order valence-electron chi connectivity index (χ2n) is 6.35. The molecule has 0 radical (unpaired) electrons. The Morgan fingerprint density at radius 3 is 3.08 bits per heavy atom. The Balaban J connectivity index is 1.67. The number of ether oxygens (including phenoxy) is 1. The smallest absolute Gasteiger partial charge is 0.231 e. The van der Waals surface area contributed by atoms with Crippen LogP contribution < -0.4 is 0 Å². The number of likely N-dealkylation sites (tertiary alicyclic amines) is 1. The number of aliphatic hydroxyl groups is 1. The zero-order valence-electron chi connectivity index (χ0n) is 14.3. The molecule has 0 spiro atoms. The van der Waals surface area contributed by atoms with Gasteiger partial charge in [-0.25, -0.2) is 0 Å². The molecule has 2 aromatic rings. The van der Waals surface area contributed by atoms with Gasteiger partial charge in [0.05, 0.1) is 24.2 Å². The maximum Gasteiger partial charge on any atom is 0.231 e. The lowest BCUT2D eigenvalue weighted by Gasteiger charge is -2.15. The van der Waals surface area contributed by atoms with E-state index < -0.39 is 0 Å². The van der Waals surface area contributed by atoms with Gasteiger partial charge in [0.1, 0.15) is 0 Å². The monoisotopic (exact) mass is 342 g/mol. The zero-order valence-corrected chi connectivity index (χ0v) is 14.3. The number of aliphatic hydroxyl groups excluding tert-OH is 1. The van der Waals surface area contributed by atoms with E-state index in [4.69, 9.17) is 14.5 Å². The number of hydrogen-bond donors (Lipinski definition) is 1. The summed E-state index contributed by atoms with van der Waals surface area (Å²) in [5.41, 5.74) is 1.74. The van der Waals surface area contributed by atoms with Gasteiger partial charge in [0.25, 0.3) is 0 Å². The molecule has 25 heavy (non-hydrogen) atoms. The Morgan fingerprint density at radius 2 is 2.32 bits per heavy atom. The fourth-order valence-corrected chi connectivity index (χ4v) is 3.26. The Morgan fingerprint density at radius 1 is 1.44 bits per heavy atom. The van der Waals surface area contributed by atoms with Gasteiger partial charge in [-0.1, -0.05) is 17.3 Å². The number of rotatable bonds is 7. The number of methoxy groups -OCH3 is 1. The molecule has 1 saturated heterocycles. The van der Waals surface area contributed by atoms with Crippen LogP contribution in [0.5, 0.6) is 0 Å². The van der Waals surface area contributed by atoms with Gasteiger partial charge in [-0.15, -0.1) is 0 Å². The van der Waals surface area contributed by atoms with Crippen LogP contribution in [0.1, 0.15) is 28.8 Å². The van der Waals surface area contributed by atoms with E-state index in [9.17, 15) is 5.11 Å². The van der Waals surface area contributed by atoms with Crippen LogP contribution in [0, 0.1) is 17.2 Å². The summed E-state index contributed by atoms with van der Waals surface area (Å²) in [6, 6.07) is 9.77. The first-order chi connectivity index (χ1) is 12.2. The van der Waals surface area contributed by atoms with Gasteiger partial charge in [0, 0.05) is 45.7 Å². The van der Waals surface area contributed by atoms with Gasteiger partial charge in [0.2, 0.25) is 5.89 Å². The molecule has 132 valence electrons. The quantitative estimate of drug-likeness (QED) is 0.811. The second-order valence-corrected chi connectivity index (χ2v) is 6.35. The largest absolute Gasteiger partial charge is 0.396 e. The standard InChI is InChI=1S/C18H22N4O3/c1-24-6-5-17-20-18(25-21-17)16-11-22(10-15(16)12-23)9-14-4-2-3-13(7-14)8-19/h2-4,7,15-16,23H,5-6,9-12H2,1H3/t15-,16+/m0/s1. The van der Waals surface area contributed by atoms with Crippen molar-refractivity contribution in [3.8, 4) is 6.07 Å². The second kappa shape index (κ2) is 8.21. The van der Waals surface area contributed by atoms with Gasteiger partial charge in [0.15, 0.2) is 5.82 Å². The average Bonchev–Trinajstić information content (AvgIpc) is 3.26.